The van der Waals surface area contributed by atoms with Crippen LogP contribution < -0.4 is 0 Å². The van der Waals surface area contributed by atoms with Crippen LogP contribution >= 0.6 is 0 Å². The lowest BCUT2D eigenvalue weighted by Gasteiger charge is -2.18. The van der Waals surface area contributed by atoms with Gasteiger partial charge in [-0.15, -0.1) is 0 Å². The quantitative estimate of drug-likeness (QED) is 0.0261. The number of esters is 3. The van der Waals surface area contributed by atoms with Gasteiger partial charge in [0.05, 0.1) is 0 Å². The summed E-state index contributed by atoms with van der Waals surface area (Å²) in [6.45, 7) is 6.51. The van der Waals surface area contributed by atoms with E-state index in [4.69, 9.17) is 14.2 Å². The number of ether oxygens (including phenoxy) is 3. The van der Waals surface area contributed by atoms with Gasteiger partial charge < -0.3 is 14.2 Å². The van der Waals surface area contributed by atoms with Crippen molar-refractivity contribution < 1.29 is 28.6 Å². The molecule has 0 saturated carbocycles. The van der Waals surface area contributed by atoms with Gasteiger partial charge in [-0.25, -0.2) is 0 Å². The number of hydrogen-bond donors (Lipinski definition) is 0. The third-order valence-corrected chi connectivity index (χ3v) is 14.8. The molecule has 0 aromatic rings. The predicted molar refractivity (Wildman–Crippen MR) is 348 cm³/mol. The molecule has 1 unspecified atom stereocenters. The summed E-state index contributed by atoms with van der Waals surface area (Å²) >= 11 is 0. The van der Waals surface area contributed by atoms with Gasteiger partial charge in [0.1, 0.15) is 13.2 Å². The molecule has 0 amide bonds. The molecule has 0 aromatic heterocycles. The summed E-state index contributed by atoms with van der Waals surface area (Å²) in [6.07, 6.45) is 91.4. The average Bonchev–Trinajstić information content (AvgIpc) is 3.46. The highest BCUT2D eigenvalue weighted by atomic mass is 16.6. The van der Waals surface area contributed by atoms with Gasteiger partial charge in [0.2, 0.25) is 0 Å². The van der Waals surface area contributed by atoms with Crippen molar-refractivity contribution in [2.24, 2.45) is 0 Å². The van der Waals surface area contributed by atoms with Crippen LogP contribution in [-0.4, -0.2) is 37.2 Å². The van der Waals surface area contributed by atoms with Gasteiger partial charge >= 0.3 is 17.9 Å². The van der Waals surface area contributed by atoms with Gasteiger partial charge in [-0.3, -0.25) is 14.4 Å². The van der Waals surface area contributed by atoms with Crippen LogP contribution in [0.2, 0.25) is 0 Å². The lowest BCUT2D eigenvalue weighted by molar-refractivity contribution is -0.167. The van der Waals surface area contributed by atoms with Crippen LogP contribution in [0.15, 0.2) is 97.2 Å². The number of allylic oxidation sites excluding steroid dienone is 16. The van der Waals surface area contributed by atoms with E-state index < -0.39 is 6.10 Å². The van der Waals surface area contributed by atoms with E-state index >= 15 is 0 Å². The molecule has 0 N–H and O–H groups in total. The van der Waals surface area contributed by atoms with Crippen LogP contribution in [0.25, 0.3) is 0 Å². The maximum absolute atomic E-state index is 12.9. The summed E-state index contributed by atoms with van der Waals surface area (Å²) < 4.78 is 16.9. The fourth-order valence-electron chi connectivity index (χ4n) is 9.67. The minimum atomic E-state index is -0.788. The standard InChI is InChI=1S/C74H128O6/c1-4-7-10-13-16-19-22-25-28-30-31-32-33-34-35-36-37-38-39-40-41-42-43-44-47-49-52-55-58-61-64-67-73(76)79-70-71(69-78-72(75)66-63-60-57-54-51-48-45-27-24-21-18-15-12-9-6-3)80-74(77)68-65-62-59-56-53-50-46-29-26-23-20-17-14-11-8-5-2/h7,10,16,18-19,21,25,27-29,31-32,34-35,45-46,71H,4-6,8-9,11-15,17,20,22-24,26,30,33,36-44,47-70H2,1-3H3/b10-7-,19-16-,21-18-,28-25-,32-31-,35-34-,45-27-,46-29-. The van der Waals surface area contributed by atoms with Crippen molar-refractivity contribution in [2.45, 2.75) is 341 Å². The second-order valence-electron chi connectivity index (χ2n) is 22.7. The van der Waals surface area contributed by atoms with E-state index in [1.807, 2.05) is 0 Å². The molecule has 0 bridgehead atoms. The summed E-state index contributed by atoms with van der Waals surface area (Å²) in [4.78, 5) is 38.4. The molecule has 6 heteroatoms. The Labute approximate surface area is 496 Å². The molecule has 0 aliphatic carbocycles. The molecule has 0 heterocycles. The molecule has 80 heavy (non-hydrogen) atoms. The zero-order chi connectivity index (χ0) is 57.8. The molecule has 0 spiro atoms. The second kappa shape index (κ2) is 67.8. The highest BCUT2D eigenvalue weighted by Crippen LogP contribution is 2.17. The number of unbranched alkanes of at least 4 members (excludes halogenated alkanes) is 35. The van der Waals surface area contributed by atoms with Gasteiger partial charge in [-0.2, -0.15) is 0 Å². The first kappa shape index (κ1) is 76.3. The summed E-state index contributed by atoms with van der Waals surface area (Å²) in [6, 6.07) is 0. The van der Waals surface area contributed by atoms with Crippen LogP contribution in [0, 0.1) is 0 Å². The average molecular weight is 1110 g/mol. The third-order valence-electron chi connectivity index (χ3n) is 14.8. The van der Waals surface area contributed by atoms with Crippen molar-refractivity contribution in [3.63, 3.8) is 0 Å². The lowest BCUT2D eigenvalue weighted by atomic mass is 10.0. The van der Waals surface area contributed by atoms with Crippen LogP contribution in [0.1, 0.15) is 335 Å². The molecule has 0 aromatic carbocycles. The lowest BCUT2D eigenvalue weighted by Crippen LogP contribution is -2.30. The molecule has 460 valence electrons. The molecule has 0 fully saturated rings. The van der Waals surface area contributed by atoms with E-state index in [-0.39, 0.29) is 31.1 Å². The van der Waals surface area contributed by atoms with E-state index in [2.05, 4.69) is 118 Å². The van der Waals surface area contributed by atoms with Crippen LogP contribution in [-0.2, 0) is 28.6 Å². The summed E-state index contributed by atoms with van der Waals surface area (Å²) in [5, 5.41) is 0. The Morgan fingerprint density at radius 1 is 0.263 bits per heavy atom. The monoisotopic (exact) mass is 1110 g/mol. The van der Waals surface area contributed by atoms with E-state index in [1.54, 1.807) is 0 Å². The van der Waals surface area contributed by atoms with E-state index in [9.17, 15) is 14.4 Å². The first-order valence-electron chi connectivity index (χ1n) is 34.2. The topological polar surface area (TPSA) is 78.9 Å². The molecule has 0 aliphatic heterocycles. The van der Waals surface area contributed by atoms with Crippen LogP contribution in [0.5, 0.6) is 0 Å². The molecule has 0 saturated heterocycles. The second-order valence-corrected chi connectivity index (χ2v) is 22.7. The van der Waals surface area contributed by atoms with Crippen molar-refractivity contribution in [1.82, 2.24) is 0 Å². The Hall–Kier alpha value is -3.67. The number of rotatable bonds is 62. The third kappa shape index (κ3) is 65.1. The molecule has 6 nitrogen and oxygen atoms in total. The minimum Gasteiger partial charge on any atom is -0.462 e. The molecule has 0 rings (SSSR count). The van der Waals surface area contributed by atoms with Crippen molar-refractivity contribution in [3.05, 3.63) is 97.2 Å². The van der Waals surface area contributed by atoms with Gasteiger partial charge in [-0.1, -0.05) is 291 Å². The van der Waals surface area contributed by atoms with E-state index in [0.717, 1.165) is 122 Å². The Balaban J connectivity index is 4.24. The van der Waals surface area contributed by atoms with Gasteiger partial charge in [0.15, 0.2) is 6.10 Å². The van der Waals surface area contributed by atoms with E-state index in [1.165, 1.54) is 173 Å². The number of carbonyl (C=O) groups excluding carboxylic acids is 3. The van der Waals surface area contributed by atoms with Crippen LogP contribution in [0.4, 0.5) is 0 Å². The van der Waals surface area contributed by atoms with Crippen molar-refractivity contribution in [1.29, 1.82) is 0 Å². The highest BCUT2D eigenvalue weighted by Gasteiger charge is 2.19. The first-order chi connectivity index (χ1) is 39.5. The minimum absolute atomic E-state index is 0.0829. The van der Waals surface area contributed by atoms with Gasteiger partial charge in [0.25, 0.3) is 0 Å². The normalized spacial score (nSPS) is 12.7. The zero-order valence-corrected chi connectivity index (χ0v) is 52.8. The Morgan fingerprint density at radius 2 is 0.487 bits per heavy atom. The van der Waals surface area contributed by atoms with E-state index in [0.29, 0.717) is 19.3 Å². The Bertz CT molecular complexity index is 1560. The SMILES string of the molecule is CC/C=C\C/C=C\C/C=C\C/C=C\C/C=C\CCCCCCCCCCCCCCCCCC(=O)OCC(COC(=O)CCCCCCC/C=C\C/C=C\CCCCC)OC(=O)CCCCCCC/C=C\CCCCCCCCC. The molecule has 0 radical (unpaired) electrons. The highest BCUT2D eigenvalue weighted by molar-refractivity contribution is 5.71. The number of hydrogen-bond acceptors (Lipinski definition) is 6. The molecular weight excluding hydrogens is 985 g/mol. The smallest absolute Gasteiger partial charge is 0.306 e. The zero-order valence-electron chi connectivity index (χ0n) is 52.8. The molecular formula is C74H128O6. The fourth-order valence-corrected chi connectivity index (χ4v) is 9.67. The number of carbonyl (C=O) groups is 3. The van der Waals surface area contributed by atoms with Crippen molar-refractivity contribution in [2.75, 3.05) is 13.2 Å². The summed E-state index contributed by atoms with van der Waals surface area (Å²) in [5.41, 5.74) is 0. The summed E-state index contributed by atoms with van der Waals surface area (Å²) in [7, 11) is 0. The van der Waals surface area contributed by atoms with Crippen molar-refractivity contribution >= 4 is 17.9 Å². The molecule has 1 atom stereocenters. The largest absolute Gasteiger partial charge is 0.462 e. The predicted octanol–water partition coefficient (Wildman–Crippen LogP) is 23.6. The fraction of sp³-hybridized carbons (Fsp3) is 0.743. The maximum atomic E-state index is 12.9. The van der Waals surface area contributed by atoms with Crippen molar-refractivity contribution in [3.8, 4) is 0 Å². The van der Waals surface area contributed by atoms with Crippen LogP contribution in [0.3, 0.4) is 0 Å². The summed E-state index contributed by atoms with van der Waals surface area (Å²) in [5.74, 6) is -0.892. The van der Waals surface area contributed by atoms with Gasteiger partial charge in [0, 0.05) is 19.3 Å². The first-order valence-corrected chi connectivity index (χ1v) is 34.2. The Kier molecular flexibility index (Phi) is 64.7. The Morgan fingerprint density at radius 3 is 0.800 bits per heavy atom. The molecule has 0 aliphatic rings. The van der Waals surface area contributed by atoms with Gasteiger partial charge in [-0.05, 0) is 122 Å². The maximum Gasteiger partial charge on any atom is 0.306 e.